The van der Waals surface area contributed by atoms with Crippen molar-refractivity contribution in [2.24, 2.45) is 0 Å². The molecule has 3 heteroatoms. The predicted octanol–water partition coefficient (Wildman–Crippen LogP) is 1.62. The van der Waals surface area contributed by atoms with Crippen LogP contribution in [0.5, 0.6) is 0 Å². The average molecular weight is 237 g/mol. The van der Waals surface area contributed by atoms with Crippen molar-refractivity contribution >= 4 is 0 Å². The van der Waals surface area contributed by atoms with Crippen molar-refractivity contribution in [1.29, 1.82) is 0 Å². The number of hydrogen-bond donors (Lipinski definition) is 0. The molecular weight excluding hydrogens is 210 g/mol. The molecule has 2 aliphatic heterocycles. The maximum absolute atomic E-state index is 4.37. The van der Waals surface area contributed by atoms with Crippen LogP contribution in [-0.2, 0) is 0 Å². The van der Waals surface area contributed by atoms with Crippen molar-refractivity contribution in [1.82, 2.24) is 14.7 Å². The zero-order valence-corrected chi connectivity index (χ0v) is 11.7. The largest absolute Gasteiger partial charge is 0.374 e. The van der Waals surface area contributed by atoms with E-state index in [0.29, 0.717) is 0 Å². The Kier molecular flexibility index (Phi) is 3.79. The van der Waals surface area contributed by atoms with Gasteiger partial charge in [-0.2, -0.15) is 0 Å². The molecule has 0 atom stereocenters. The van der Waals surface area contributed by atoms with Crippen molar-refractivity contribution in [3.8, 4) is 0 Å². The molecular formula is C14H27N3. The highest BCUT2D eigenvalue weighted by molar-refractivity contribution is 5.14. The molecule has 0 aromatic rings. The lowest BCUT2D eigenvalue weighted by molar-refractivity contribution is 0.0675. The summed E-state index contributed by atoms with van der Waals surface area (Å²) in [5.74, 6) is 0. The summed E-state index contributed by atoms with van der Waals surface area (Å²) >= 11 is 0. The maximum atomic E-state index is 4.37. The van der Waals surface area contributed by atoms with Gasteiger partial charge in [-0.15, -0.1) is 0 Å². The Labute approximate surface area is 106 Å². The first-order valence-electron chi connectivity index (χ1n) is 6.90. The number of rotatable bonds is 3. The Morgan fingerprint density at radius 3 is 2.00 bits per heavy atom. The molecule has 2 heterocycles. The molecule has 0 aromatic carbocycles. The molecule has 0 amide bonds. The van der Waals surface area contributed by atoms with Gasteiger partial charge in [0, 0.05) is 45.0 Å². The van der Waals surface area contributed by atoms with E-state index < -0.39 is 0 Å². The summed E-state index contributed by atoms with van der Waals surface area (Å²) in [4.78, 5) is 7.48. The highest BCUT2D eigenvalue weighted by Crippen LogP contribution is 2.29. The molecule has 3 nitrogen and oxygen atoms in total. The quantitative estimate of drug-likeness (QED) is 0.738. The molecule has 0 aromatic heterocycles. The maximum Gasteiger partial charge on any atom is 0.0547 e. The van der Waals surface area contributed by atoms with E-state index in [-0.39, 0.29) is 5.54 Å². The topological polar surface area (TPSA) is 9.72 Å². The van der Waals surface area contributed by atoms with Gasteiger partial charge in [0.2, 0.25) is 0 Å². The van der Waals surface area contributed by atoms with Crippen LogP contribution in [0.4, 0.5) is 0 Å². The van der Waals surface area contributed by atoms with Crippen molar-refractivity contribution in [3.63, 3.8) is 0 Å². The second-order valence-corrected chi connectivity index (χ2v) is 5.99. The van der Waals surface area contributed by atoms with Crippen LogP contribution in [0.2, 0.25) is 0 Å². The summed E-state index contributed by atoms with van der Waals surface area (Å²) in [6, 6.07) is 0. The minimum Gasteiger partial charge on any atom is -0.374 e. The average Bonchev–Trinajstić information content (AvgIpc) is 2.82. The van der Waals surface area contributed by atoms with Crippen LogP contribution in [0.3, 0.4) is 0 Å². The highest BCUT2D eigenvalue weighted by atomic mass is 15.3. The standard InChI is InChI=1S/C14H27N3/c1-13(16-7-5-6-8-16)14(2,3)17-11-9-15(4)10-12-17/h1,5-12H2,2-4H3. The van der Waals surface area contributed by atoms with E-state index >= 15 is 0 Å². The molecule has 2 fully saturated rings. The summed E-state index contributed by atoms with van der Waals surface area (Å²) in [6.45, 7) is 16.1. The third kappa shape index (κ3) is 2.66. The first-order valence-corrected chi connectivity index (χ1v) is 6.90. The van der Waals surface area contributed by atoms with E-state index in [2.05, 4.69) is 42.2 Å². The molecule has 2 rings (SSSR count). The zero-order chi connectivity index (χ0) is 12.5. The second kappa shape index (κ2) is 4.99. The Hall–Kier alpha value is -0.540. The molecule has 0 N–H and O–H groups in total. The lowest BCUT2D eigenvalue weighted by Crippen LogP contribution is -2.56. The van der Waals surface area contributed by atoms with Gasteiger partial charge in [0.25, 0.3) is 0 Å². The predicted molar refractivity (Wildman–Crippen MR) is 73.1 cm³/mol. The monoisotopic (exact) mass is 237 g/mol. The van der Waals surface area contributed by atoms with E-state index in [1.54, 1.807) is 0 Å². The summed E-state index contributed by atoms with van der Waals surface area (Å²) in [7, 11) is 2.21. The summed E-state index contributed by atoms with van der Waals surface area (Å²) < 4.78 is 0. The van der Waals surface area contributed by atoms with Crippen molar-refractivity contribution in [2.75, 3.05) is 46.3 Å². The third-order valence-corrected chi connectivity index (χ3v) is 4.49. The van der Waals surface area contributed by atoms with Gasteiger partial charge < -0.3 is 9.80 Å². The number of likely N-dealkylation sites (N-methyl/N-ethyl adjacent to an activating group) is 1. The fourth-order valence-corrected chi connectivity index (χ4v) is 2.92. The van der Waals surface area contributed by atoms with Crippen LogP contribution in [-0.4, -0.2) is 66.6 Å². The first-order chi connectivity index (χ1) is 8.01. The molecule has 0 unspecified atom stereocenters. The van der Waals surface area contributed by atoms with Gasteiger partial charge in [-0.05, 0) is 33.7 Å². The molecule has 98 valence electrons. The summed E-state index contributed by atoms with van der Waals surface area (Å²) in [6.07, 6.45) is 2.66. The minimum absolute atomic E-state index is 0.117. The second-order valence-electron chi connectivity index (χ2n) is 5.99. The van der Waals surface area contributed by atoms with Crippen LogP contribution < -0.4 is 0 Å². The lowest BCUT2D eigenvalue weighted by Gasteiger charge is -2.46. The van der Waals surface area contributed by atoms with Crippen LogP contribution in [0.15, 0.2) is 12.3 Å². The highest BCUT2D eigenvalue weighted by Gasteiger charge is 2.34. The summed E-state index contributed by atoms with van der Waals surface area (Å²) in [5, 5.41) is 0. The fourth-order valence-electron chi connectivity index (χ4n) is 2.92. The van der Waals surface area contributed by atoms with Crippen LogP contribution in [0.25, 0.3) is 0 Å². The molecule has 0 radical (unpaired) electrons. The SMILES string of the molecule is C=C(N1CCCC1)C(C)(C)N1CCN(C)CC1. The molecule has 0 bridgehead atoms. The van der Waals surface area contributed by atoms with Crippen LogP contribution in [0.1, 0.15) is 26.7 Å². The molecule has 2 saturated heterocycles. The Morgan fingerprint density at radius 1 is 0.941 bits per heavy atom. The summed E-state index contributed by atoms with van der Waals surface area (Å²) in [5.41, 5.74) is 1.44. The van der Waals surface area contributed by atoms with Gasteiger partial charge in [0.05, 0.1) is 5.54 Å². The van der Waals surface area contributed by atoms with Crippen LogP contribution in [0, 0.1) is 0 Å². The normalized spacial score (nSPS) is 24.3. The minimum atomic E-state index is 0.117. The van der Waals surface area contributed by atoms with Gasteiger partial charge in [-0.25, -0.2) is 0 Å². The van der Waals surface area contributed by atoms with E-state index in [4.69, 9.17) is 0 Å². The van der Waals surface area contributed by atoms with Crippen molar-refractivity contribution < 1.29 is 0 Å². The van der Waals surface area contributed by atoms with Crippen LogP contribution >= 0.6 is 0 Å². The van der Waals surface area contributed by atoms with Crippen molar-refractivity contribution in [2.45, 2.75) is 32.2 Å². The van der Waals surface area contributed by atoms with Gasteiger partial charge in [0.15, 0.2) is 0 Å². The van der Waals surface area contributed by atoms with E-state index in [1.165, 1.54) is 44.7 Å². The number of hydrogen-bond acceptors (Lipinski definition) is 3. The smallest absolute Gasteiger partial charge is 0.0547 e. The number of nitrogens with zero attached hydrogens (tertiary/aromatic N) is 3. The Balaban J connectivity index is 1.99. The third-order valence-electron chi connectivity index (χ3n) is 4.49. The Morgan fingerprint density at radius 2 is 1.47 bits per heavy atom. The fraction of sp³-hybridized carbons (Fsp3) is 0.857. The van der Waals surface area contributed by atoms with E-state index in [0.717, 1.165) is 13.1 Å². The molecule has 0 spiro atoms. The molecule has 0 aliphatic carbocycles. The lowest BCUT2D eigenvalue weighted by atomic mass is 9.96. The number of likely N-dealkylation sites (tertiary alicyclic amines) is 1. The molecule has 2 aliphatic rings. The number of piperazine rings is 1. The zero-order valence-electron chi connectivity index (χ0n) is 11.7. The van der Waals surface area contributed by atoms with Gasteiger partial charge >= 0.3 is 0 Å². The molecule has 17 heavy (non-hydrogen) atoms. The van der Waals surface area contributed by atoms with E-state index in [9.17, 15) is 0 Å². The first kappa shape index (κ1) is 12.9. The van der Waals surface area contributed by atoms with Gasteiger partial charge in [0.1, 0.15) is 0 Å². The van der Waals surface area contributed by atoms with Gasteiger partial charge in [-0.3, -0.25) is 4.90 Å². The Bertz CT molecular complexity index is 271. The van der Waals surface area contributed by atoms with Crippen molar-refractivity contribution in [3.05, 3.63) is 12.3 Å². The molecule has 0 saturated carbocycles. The van der Waals surface area contributed by atoms with E-state index in [1.807, 2.05) is 0 Å². The van der Waals surface area contributed by atoms with Gasteiger partial charge in [-0.1, -0.05) is 6.58 Å².